The van der Waals surface area contributed by atoms with Crippen molar-refractivity contribution in [2.45, 2.75) is 45.1 Å². The van der Waals surface area contributed by atoms with Gasteiger partial charge in [0.05, 0.1) is 0 Å². The average Bonchev–Trinajstić information content (AvgIpc) is 2.42. The van der Waals surface area contributed by atoms with Gasteiger partial charge >= 0.3 is 0 Å². The van der Waals surface area contributed by atoms with E-state index in [9.17, 15) is 4.79 Å². The lowest BCUT2D eigenvalue weighted by Gasteiger charge is -2.46. The molecule has 2 aliphatic heterocycles. The number of unbranched alkanes of at least 4 members (excludes halogenated alkanes) is 1. The number of hydrogen-bond donors (Lipinski definition) is 0. The largest absolute Gasteiger partial charge is 0.372 e. The molecule has 0 saturated carbocycles. The smallest absolute Gasteiger partial charge is 0.248 e. The molecule has 4 nitrogen and oxygen atoms in total. The molecule has 2 saturated heterocycles. The molecular weight excluding hydrogens is 240 g/mol. The zero-order valence-corrected chi connectivity index (χ0v) is 12.4. The van der Waals surface area contributed by atoms with Gasteiger partial charge in [-0.05, 0) is 45.2 Å². The van der Waals surface area contributed by atoms with Crippen LogP contribution in [-0.2, 0) is 9.53 Å². The molecular formula is C15H28N2O2. The Balaban J connectivity index is 1.82. The molecule has 0 aromatic rings. The van der Waals surface area contributed by atoms with Gasteiger partial charge in [0.1, 0.15) is 6.61 Å². The van der Waals surface area contributed by atoms with Crippen LogP contribution in [0, 0.1) is 5.92 Å². The van der Waals surface area contributed by atoms with E-state index >= 15 is 0 Å². The highest BCUT2D eigenvalue weighted by Gasteiger charge is 2.36. The Bertz CT molecular complexity index is 296. The molecule has 0 N–H and O–H groups in total. The van der Waals surface area contributed by atoms with Crippen LogP contribution in [0.1, 0.15) is 39.0 Å². The van der Waals surface area contributed by atoms with E-state index in [-0.39, 0.29) is 12.5 Å². The molecule has 0 aromatic carbocycles. The summed E-state index contributed by atoms with van der Waals surface area (Å²) >= 11 is 0. The lowest BCUT2D eigenvalue weighted by molar-refractivity contribution is -0.143. The molecule has 0 bridgehead atoms. The second-order valence-electron chi connectivity index (χ2n) is 6.01. The van der Waals surface area contributed by atoms with Gasteiger partial charge < -0.3 is 14.5 Å². The Morgan fingerprint density at radius 2 is 2.16 bits per heavy atom. The van der Waals surface area contributed by atoms with Gasteiger partial charge in [0.15, 0.2) is 0 Å². The Morgan fingerprint density at radius 3 is 2.95 bits per heavy atom. The molecule has 0 radical (unpaired) electrons. The molecule has 19 heavy (non-hydrogen) atoms. The van der Waals surface area contributed by atoms with E-state index in [1.165, 1.54) is 6.42 Å². The number of nitrogens with zero attached hydrogens (tertiary/aromatic N) is 2. The third-order valence-electron chi connectivity index (χ3n) is 4.46. The number of carbonyl (C=O) groups is 1. The fourth-order valence-corrected chi connectivity index (χ4v) is 3.38. The molecule has 110 valence electrons. The minimum atomic E-state index is 0.204. The fraction of sp³-hybridized carbons (Fsp3) is 0.933. The maximum absolute atomic E-state index is 12.3. The molecule has 2 aliphatic rings. The molecule has 0 spiro atoms. The van der Waals surface area contributed by atoms with Crippen molar-refractivity contribution in [3.05, 3.63) is 0 Å². The summed E-state index contributed by atoms with van der Waals surface area (Å²) in [5.74, 6) is 0.877. The number of piperidine rings is 2. The van der Waals surface area contributed by atoms with Crippen LogP contribution in [-0.4, -0.2) is 61.6 Å². The van der Waals surface area contributed by atoms with E-state index in [4.69, 9.17) is 4.74 Å². The number of amides is 1. The number of rotatable bonds is 5. The Kier molecular flexibility index (Phi) is 5.64. The Hall–Kier alpha value is -0.610. The van der Waals surface area contributed by atoms with Crippen molar-refractivity contribution in [3.8, 4) is 0 Å². The lowest BCUT2D eigenvalue weighted by Crippen LogP contribution is -2.55. The van der Waals surface area contributed by atoms with Crippen LogP contribution in [0.2, 0.25) is 0 Å². The van der Waals surface area contributed by atoms with Crippen molar-refractivity contribution in [2.24, 2.45) is 5.92 Å². The number of carbonyl (C=O) groups excluding carboxylic acids is 1. The van der Waals surface area contributed by atoms with Crippen LogP contribution in [0.4, 0.5) is 0 Å². The van der Waals surface area contributed by atoms with E-state index in [1.54, 1.807) is 0 Å². The van der Waals surface area contributed by atoms with E-state index in [1.807, 2.05) is 0 Å². The van der Waals surface area contributed by atoms with E-state index < -0.39 is 0 Å². The van der Waals surface area contributed by atoms with Gasteiger partial charge in [-0.3, -0.25) is 4.79 Å². The minimum absolute atomic E-state index is 0.204. The summed E-state index contributed by atoms with van der Waals surface area (Å²) in [6, 6.07) is 0.465. The van der Waals surface area contributed by atoms with Crippen LogP contribution >= 0.6 is 0 Å². The van der Waals surface area contributed by atoms with Gasteiger partial charge in [-0.25, -0.2) is 0 Å². The van der Waals surface area contributed by atoms with E-state index in [0.717, 1.165) is 45.3 Å². The lowest BCUT2D eigenvalue weighted by atomic mass is 9.84. The molecule has 0 aromatic heterocycles. The monoisotopic (exact) mass is 268 g/mol. The van der Waals surface area contributed by atoms with E-state index in [0.29, 0.717) is 18.6 Å². The predicted molar refractivity (Wildman–Crippen MR) is 76.1 cm³/mol. The summed E-state index contributed by atoms with van der Waals surface area (Å²) in [4.78, 5) is 16.8. The first-order valence-electron chi connectivity index (χ1n) is 7.78. The van der Waals surface area contributed by atoms with Crippen molar-refractivity contribution in [1.82, 2.24) is 9.80 Å². The number of likely N-dealkylation sites (tertiary alicyclic amines) is 2. The van der Waals surface area contributed by atoms with Gasteiger partial charge in [-0.2, -0.15) is 0 Å². The van der Waals surface area contributed by atoms with Crippen molar-refractivity contribution in [1.29, 1.82) is 0 Å². The summed E-state index contributed by atoms with van der Waals surface area (Å²) in [5.41, 5.74) is 0. The zero-order chi connectivity index (χ0) is 13.7. The summed E-state index contributed by atoms with van der Waals surface area (Å²) in [6.07, 6.45) is 5.71. The second kappa shape index (κ2) is 7.25. The normalized spacial score (nSPS) is 28.2. The van der Waals surface area contributed by atoms with E-state index in [2.05, 4.69) is 23.8 Å². The SMILES string of the molecule is CCCCOCC(=O)N1CCC[C@@H]2CN(C)CC[C@H]21. The number of fused-ring (bicyclic) bond motifs is 1. The first kappa shape index (κ1) is 14.8. The van der Waals surface area contributed by atoms with Crippen LogP contribution in [0.25, 0.3) is 0 Å². The summed E-state index contributed by atoms with van der Waals surface area (Å²) in [7, 11) is 2.19. The standard InChI is InChI=1S/C15H28N2O2/c1-3-4-10-19-12-15(18)17-8-5-6-13-11-16(2)9-7-14(13)17/h13-14H,3-12H2,1-2H3/t13-,14-/m1/s1. The van der Waals surface area contributed by atoms with Crippen LogP contribution in [0.3, 0.4) is 0 Å². The van der Waals surface area contributed by atoms with Crippen molar-refractivity contribution < 1.29 is 9.53 Å². The highest BCUT2D eigenvalue weighted by atomic mass is 16.5. The molecule has 4 heteroatoms. The van der Waals surface area contributed by atoms with Crippen molar-refractivity contribution in [2.75, 3.05) is 39.9 Å². The average molecular weight is 268 g/mol. The highest BCUT2D eigenvalue weighted by molar-refractivity contribution is 5.78. The van der Waals surface area contributed by atoms with Gasteiger partial charge in [0.2, 0.25) is 5.91 Å². The maximum atomic E-state index is 12.3. The van der Waals surface area contributed by atoms with Gasteiger partial charge in [-0.15, -0.1) is 0 Å². The van der Waals surface area contributed by atoms with Crippen LogP contribution < -0.4 is 0 Å². The minimum Gasteiger partial charge on any atom is -0.372 e. The Morgan fingerprint density at radius 1 is 1.32 bits per heavy atom. The summed E-state index contributed by atoms with van der Waals surface area (Å²) in [6.45, 7) is 6.32. The van der Waals surface area contributed by atoms with Gasteiger partial charge in [0, 0.05) is 25.7 Å². The quantitative estimate of drug-likeness (QED) is 0.712. The topological polar surface area (TPSA) is 32.8 Å². The molecule has 2 heterocycles. The second-order valence-corrected chi connectivity index (χ2v) is 6.01. The van der Waals surface area contributed by atoms with Crippen LogP contribution in [0.15, 0.2) is 0 Å². The van der Waals surface area contributed by atoms with Gasteiger partial charge in [-0.1, -0.05) is 13.3 Å². The molecule has 0 aliphatic carbocycles. The molecule has 2 rings (SSSR count). The molecule has 0 unspecified atom stereocenters. The predicted octanol–water partition coefficient (Wildman–Crippen LogP) is 1.75. The molecule has 2 fully saturated rings. The number of hydrogen-bond acceptors (Lipinski definition) is 3. The van der Waals surface area contributed by atoms with Crippen molar-refractivity contribution >= 4 is 5.91 Å². The third kappa shape index (κ3) is 3.93. The highest BCUT2D eigenvalue weighted by Crippen LogP contribution is 2.30. The molecule has 2 atom stereocenters. The summed E-state index contributed by atoms with van der Waals surface area (Å²) < 4.78 is 5.49. The van der Waals surface area contributed by atoms with Crippen LogP contribution in [0.5, 0.6) is 0 Å². The van der Waals surface area contributed by atoms with Crippen molar-refractivity contribution in [3.63, 3.8) is 0 Å². The summed E-state index contributed by atoms with van der Waals surface area (Å²) in [5, 5.41) is 0. The maximum Gasteiger partial charge on any atom is 0.248 e. The third-order valence-corrected chi connectivity index (χ3v) is 4.46. The Labute approximate surface area is 117 Å². The van der Waals surface area contributed by atoms with Gasteiger partial charge in [0.25, 0.3) is 0 Å². The zero-order valence-electron chi connectivity index (χ0n) is 12.4. The first-order chi connectivity index (χ1) is 9.22. The fourth-order valence-electron chi connectivity index (χ4n) is 3.38. The first-order valence-corrected chi connectivity index (χ1v) is 7.78. The number of ether oxygens (including phenoxy) is 1. The molecule has 1 amide bonds.